The number of nitrogens with zero attached hydrogens (tertiary/aromatic N) is 3. The summed E-state index contributed by atoms with van der Waals surface area (Å²) in [5.41, 5.74) is 1.73. The van der Waals surface area contributed by atoms with Crippen molar-refractivity contribution in [3.05, 3.63) is 101 Å². The Kier molecular flexibility index (Phi) is 6.62. The first-order valence-corrected chi connectivity index (χ1v) is 11.4. The van der Waals surface area contributed by atoms with Crippen LogP contribution in [0, 0.1) is 0 Å². The molecule has 5 aromatic rings. The van der Waals surface area contributed by atoms with Crippen molar-refractivity contribution < 1.29 is 27.4 Å². The van der Waals surface area contributed by atoms with E-state index >= 15 is 0 Å². The zero-order chi connectivity index (χ0) is 26.0. The van der Waals surface area contributed by atoms with E-state index in [0.29, 0.717) is 17.4 Å². The topological polar surface area (TPSA) is 57.9 Å². The molecule has 0 saturated heterocycles. The monoisotopic (exact) mass is 525 g/mol. The van der Waals surface area contributed by atoms with Crippen molar-refractivity contribution in [3.8, 4) is 34.4 Å². The molecule has 3 aromatic carbocycles. The summed E-state index contributed by atoms with van der Waals surface area (Å²) in [7, 11) is 1.62. The van der Waals surface area contributed by atoms with Gasteiger partial charge in [0.05, 0.1) is 29.6 Å². The molecule has 0 unspecified atom stereocenters. The second kappa shape index (κ2) is 10.0. The molecule has 0 saturated carbocycles. The van der Waals surface area contributed by atoms with Gasteiger partial charge in [0, 0.05) is 17.8 Å². The largest absolute Gasteiger partial charge is 0.497 e. The van der Waals surface area contributed by atoms with E-state index in [1.54, 1.807) is 43.6 Å². The molecule has 2 heterocycles. The SMILES string of the molecule is COc1ccc(-c2cnc3nc(OCc4ccc(Oc5ccc(Cl)c(C(F)(F)F)c5)cc4)ccn23)cc1. The van der Waals surface area contributed by atoms with Gasteiger partial charge in [0.2, 0.25) is 11.7 Å². The van der Waals surface area contributed by atoms with Crippen LogP contribution in [0.15, 0.2) is 85.2 Å². The van der Waals surface area contributed by atoms with E-state index in [-0.39, 0.29) is 17.4 Å². The number of aromatic nitrogens is 3. The first kappa shape index (κ1) is 24.5. The van der Waals surface area contributed by atoms with Gasteiger partial charge in [-0.05, 0) is 60.2 Å². The molecule has 6 nitrogen and oxygen atoms in total. The summed E-state index contributed by atoms with van der Waals surface area (Å²) in [6, 6.07) is 19.6. The third-order valence-corrected chi connectivity index (χ3v) is 5.86. The maximum Gasteiger partial charge on any atom is 0.417 e. The molecule has 10 heteroatoms. The van der Waals surface area contributed by atoms with E-state index in [4.69, 9.17) is 25.8 Å². The van der Waals surface area contributed by atoms with E-state index in [2.05, 4.69) is 9.97 Å². The first-order valence-electron chi connectivity index (χ1n) is 11.0. The van der Waals surface area contributed by atoms with Crippen molar-refractivity contribution in [2.24, 2.45) is 0 Å². The zero-order valence-electron chi connectivity index (χ0n) is 19.4. The van der Waals surface area contributed by atoms with Gasteiger partial charge in [-0.3, -0.25) is 4.40 Å². The number of fused-ring (bicyclic) bond motifs is 1. The molecule has 0 radical (unpaired) electrons. The van der Waals surface area contributed by atoms with Gasteiger partial charge in [-0.2, -0.15) is 18.2 Å². The van der Waals surface area contributed by atoms with Crippen LogP contribution in [-0.4, -0.2) is 21.5 Å². The Labute approximate surface area is 214 Å². The fourth-order valence-electron chi connectivity index (χ4n) is 3.64. The molecule has 5 rings (SSSR count). The van der Waals surface area contributed by atoms with Crippen molar-refractivity contribution in [3.63, 3.8) is 0 Å². The van der Waals surface area contributed by atoms with Crippen molar-refractivity contribution in [2.75, 3.05) is 7.11 Å². The molecule has 188 valence electrons. The van der Waals surface area contributed by atoms with Crippen LogP contribution in [0.1, 0.15) is 11.1 Å². The van der Waals surface area contributed by atoms with Crippen molar-refractivity contribution in [1.82, 2.24) is 14.4 Å². The molecule has 0 aliphatic heterocycles. The predicted molar refractivity (Wildman–Crippen MR) is 132 cm³/mol. The average Bonchev–Trinajstić information content (AvgIpc) is 3.32. The van der Waals surface area contributed by atoms with Crippen LogP contribution in [0.4, 0.5) is 13.2 Å². The van der Waals surface area contributed by atoms with Gasteiger partial charge >= 0.3 is 6.18 Å². The van der Waals surface area contributed by atoms with Gasteiger partial charge in [0.15, 0.2) is 0 Å². The molecule has 0 atom stereocenters. The molecule has 0 aliphatic rings. The molecule has 2 aromatic heterocycles. The number of rotatable bonds is 7. The molecule has 0 fully saturated rings. The smallest absolute Gasteiger partial charge is 0.417 e. The average molecular weight is 526 g/mol. The van der Waals surface area contributed by atoms with Crippen molar-refractivity contribution in [1.29, 1.82) is 0 Å². The van der Waals surface area contributed by atoms with Crippen molar-refractivity contribution in [2.45, 2.75) is 12.8 Å². The van der Waals surface area contributed by atoms with Gasteiger partial charge in [0.25, 0.3) is 0 Å². The minimum Gasteiger partial charge on any atom is -0.497 e. The zero-order valence-corrected chi connectivity index (χ0v) is 20.1. The van der Waals surface area contributed by atoms with E-state index in [1.807, 2.05) is 34.9 Å². The third-order valence-electron chi connectivity index (χ3n) is 5.53. The van der Waals surface area contributed by atoms with Gasteiger partial charge in [-0.25, -0.2) is 4.98 Å². The number of alkyl halides is 3. The molecule has 0 spiro atoms. The lowest BCUT2D eigenvalue weighted by Crippen LogP contribution is -2.05. The first-order chi connectivity index (χ1) is 17.8. The molecule has 0 amide bonds. The second-order valence-corrected chi connectivity index (χ2v) is 8.39. The summed E-state index contributed by atoms with van der Waals surface area (Å²) in [4.78, 5) is 8.83. The highest BCUT2D eigenvalue weighted by atomic mass is 35.5. The lowest BCUT2D eigenvalue weighted by Gasteiger charge is -2.12. The second-order valence-electron chi connectivity index (χ2n) is 7.98. The van der Waals surface area contributed by atoms with Crippen LogP contribution in [0.5, 0.6) is 23.1 Å². The number of imidazole rings is 1. The Morgan fingerprint density at radius 2 is 1.59 bits per heavy atom. The molecule has 0 N–H and O–H groups in total. The standard InChI is InChI=1S/C27H19ClF3N3O3/c1-35-19-8-4-18(5-9-19)24-15-32-26-33-25(12-13-34(24)26)36-16-17-2-6-20(7-3-17)37-21-10-11-23(28)22(14-21)27(29,30)31/h2-15H,16H2,1H3. The minimum atomic E-state index is -4.57. The highest BCUT2D eigenvalue weighted by Crippen LogP contribution is 2.37. The lowest BCUT2D eigenvalue weighted by molar-refractivity contribution is -0.137. The summed E-state index contributed by atoms with van der Waals surface area (Å²) in [5.74, 6) is 2.08. The van der Waals surface area contributed by atoms with Crippen LogP contribution in [0.25, 0.3) is 17.0 Å². The highest BCUT2D eigenvalue weighted by molar-refractivity contribution is 6.31. The molecule has 0 bridgehead atoms. The number of benzene rings is 3. The molecular formula is C27H19ClF3N3O3. The number of hydrogen-bond donors (Lipinski definition) is 0. The van der Waals surface area contributed by atoms with E-state index < -0.39 is 11.7 Å². The van der Waals surface area contributed by atoms with Gasteiger partial charge < -0.3 is 14.2 Å². The molecular weight excluding hydrogens is 507 g/mol. The maximum atomic E-state index is 13.1. The summed E-state index contributed by atoms with van der Waals surface area (Å²) >= 11 is 5.66. The minimum absolute atomic E-state index is 0.0342. The van der Waals surface area contributed by atoms with E-state index in [9.17, 15) is 13.2 Å². The van der Waals surface area contributed by atoms with Gasteiger partial charge in [-0.15, -0.1) is 0 Å². The van der Waals surface area contributed by atoms with Gasteiger partial charge in [0.1, 0.15) is 23.9 Å². The van der Waals surface area contributed by atoms with Crippen LogP contribution in [0.2, 0.25) is 5.02 Å². The molecule has 37 heavy (non-hydrogen) atoms. The number of halogens is 4. The summed E-state index contributed by atoms with van der Waals surface area (Å²) in [6.45, 7) is 0.231. The quantitative estimate of drug-likeness (QED) is 0.221. The fourth-order valence-corrected chi connectivity index (χ4v) is 3.87. The normalized spacial score (nSPS) is 11.5. The Morgan fingerprint density at radius 1 is 0.892 bits per heavy atom. The third kappa shape index (κ3) is 5.46. The fraction of sp³-hybridized carbons (Fsp3) is 0.111. The molecule has 0 aliphatic carbocycles. The number of methoxy groups -OCH3 is 1. The van der Waals surface area contributed by atoms with Crippen LogP contribution in [-0.2, 0) is 12.8 Å². The summed E-state index contributed by atoms with van der Waals surface area (Å²) in [5, 5.41) is -0.383. The Hall–Kier alpha value is -4.24. The summed E-state index contributed by atoms with van der Waals surface area (Å²) in [6.07, 6.45) is -0.990. The van der Waals surface area contributed by atoms with E-state index in [0.717, 1.165) is 34.7 Å². The lowest BCUT2D eigenvalue weighted by atomic mass is 10.1. The van der Waals surface area contributed by atoms with E-state index in [1.165, 1.54) is 6.07 Å². The highest BCUT2D eigenvalue weighted by Gasteiger charge is 2.33. The van der Waals surface area contributed by atoms with Crippen LogP contribution in [0.3, 0.4) is 0 Å². The van der Waals surface area contributed by atoms with Gasteiger partial charge in [-0.1, -0.05) is 23.7 Å². The number of ether oxygens (including phenoxy) is 3. The Morgan fingerprint density at radius 3 is 2.30 bits per heavy atom. The predicted octanol–water partition coefficient (Wildman–Crippen LogP) is 7.45. The Balaban J connectivity index is 1.24. The van der Waals surface area contributed by atoms with Crippen LogP contribution < -0.4 is 14.2 Å². The maximum absolute atomic E-state index is 13.1. The summed E-state index contributed by atoms with van der Waals surface area (Å²) < 4.78 is 57.6. The number of hydrogen-bond acceptors (Lipinski definition) is 5. The van der Waals surface area contributed by atoms with Crippen LogP contribution >= 0.6 is 11.6 Å². The van der Waals surface area contributed by atoms with Crippen molar-refractivity contribution >= 4 is 17.4 Å². The Bertz CT molecular complexity index is 1540.